The molecule has 1 atom stereocenters. The van der Waals surface area contributed by atoms with E-state index in [2.05, 4.69) is 4.90 Å². The first-order valence-electron chi connectivity index (χ1n) is 10.8. The van der Waals surface area contributed by atoms with Crippen LogP contribution in [0.4, 0.5) is 8.78 Å². The van der Waals surface area contributed by atoms with Gasteiger partial charge >= 0.3 is 0 Å². The van der Waals surface area contributed by atoms with Gasteiger partial charge in [-0.15, -0.1) is 0 Å². The Labute approximate surface area is 172 Å². The van der Waals surface area contributed by atoms with E-state index in [1.54, 1.807) is 12.0 Å². The number of likely N-dealkylation sites (tertiary alicyclic amines) is 2. The van der Waals surface area contributed by atoms with Crippen molar-refractivity contribution in [2.45, 2.75) is 57.1 Å². The topological polar surface area (TPSA) is 45.2 Å². The van der Waals surface area contributed by atoms with Crippen molar-refractivity contribution < 1.29 is 23.4 Å². The van der Waals surface area contributed by atoms with Gasteiger partial charge in [0.05, 0.1) is 13.7 Å². The highest BCUT2D eigenvalue weighted by Crippen LogP contribution is 2.30. The smallest absolute Gasteiger partial charge is 0.260 e. The number of ether oxygens (including phenoxy) is 2. The summed E-state index contributed by atoms with van der Waals surface area (Å²) in [6.07, 6.45) is 4.67. The predicted molar refractivity (Wildman–Crippen MR) is 109 cm³/mol. The van der Waals surface area contributed by atoms with Crippen LogP contribution in [0.5, 0.6) is 11.5 Å². The zero-order chi connectivity index (χ0) is 20.7. The summed E-state index contributed by atoms with van der Waals surface area (Å²) in [4.78, 5) is 4.08. The molecule has 0 bridgehead atoms. The molecule has 164 valence electrons. The fraction of sp³-hybridized carbons (Fsp3) is 0.727. The molecule has 0 spiro atoms. The standard InChI is InChI=1S/C22H34F2N2O3/c1-28-21-13-18(14-25-10-4-2-3-5-11-25)7-8-20(21)29-16-19(27)15-26-12-6-9-22(23,24)17-26/h7-8,13,19,27H,2-6,9-12,14-17H2,1H3. The zero-order valence-electron chi connectivity index (χ0n) is 17.4. The molecule has 2 saturated heterocycles. The van der Waals surface area contributed by atoms with E-state index >= 15 is 0 Å². The van der Waals surface area contributed by atoms with Crippen LogP contribution in [0.15, 0.2) is 18.2 Å². The van der Waals surface area contributed by atoms with Crippen molar-refractivity contribution in [3.8, 4) is 11.5 Å². The first-order chi connectivity index (χ1) is 13.9. The van der Waals surface area contributed by atoms with Gasteiger partial charge in [0, 0.05) is 19.5 Å². The van der Waals surface area contributed by atoms with Gasteiger partial charge in [-0.05, 0) is 56.6 Å². The summed E-state index contributed by atoms with van der Waals surface area (Å²) in [5, 5.41) is 10.2. The van der Waals surface area contributed by atoms with E-state index in [0.29, 0.717) is 24.5 Å². The van der Waals surface area contributed by atoms with E-state index in [0.717, 1.165) is 19.6 Å². The van der Waals surface area contributed by atoms with Gasteiger partial charge in [0.25, 0.3) is 5.92 Å². The van der Waals surface area contributed by atoms with Gasteiger partial charge in [0.2, 0.25) is 0 Å². The number of nitrogens with zero attached hydrogens (tertiary/aromatic N) is 2. The van der Waals surface area contributed by atoms with Crippen molar-refractivity contribution >= 4 is 0 Å². The molecule has 1 aromatic carbocycles. The van der Waals surface area contributed by atoms with Crippen molar-refractivity contribution in [2.24, 2.45) is 0 Å². The highest BCUT2D eigenvalue weighted by molar-refractivity contribution is 5.43. The third-order valence-corrected chi connectivity index (χ3v) is 5.70. The molecule has 1 unspecified atom stereocenters. The minimum absolute atomic E-state index is 0.0455. The van der Waals surface area contributed by atoms with Crippen LogP contribution in [-0.4, -0.2) is 73.4 Å². The maximum Gasteiger partial charge on any atom is 0.260 e. The SMILES string of the molecule is COc1cc(CN2CCCCCC2)ccc1OCC(O)CN1CCCC(F)(F)C1. The molecule has 1 N–H and O–H groups in total. The maximum absolute atomic E-state index is 13.5. The van der Waals surface area contributed by atoms with Crippen LogP contribution in [-0.2, 0) is 6.54 Å². The molecule has 2 fully saturated rings. The second-order valence-electron chi connectivity index (χ2n) is 8.34. The van der Waals surface area contributed by atoms with E-state index in [-0.39, 0.29) is 26.1 Å². The Kier molecular flexibility index (Phi) is 8.09. The molecule has 1 aromatic rings. The Morgan fingerprint density at radius 2 is 1.76 bits per heavy atom. The van der Waals surface area contributed by atoms with Crippen molar-refractivity contribution in [3.63, 3.8) is 0 Å². The molecule has 5 nitrogen and oxygen atoms in total. The van der Waals surface area contributed by atoms with Crippen molar-refractivity contribution in [3.05, 3.63) is 23.8 Å². The van der Waals surface area contributed by atoms with E-state index < -0.39 is 12.0 Å². The Morgan fingerprint density at radius 3 is 2.45 bits per heavy atom. The molecular weight excluding hydrogens is 378 g/mol. The summed E-state index contributed by atoms with van der Waals surface area (Å²) in [6, 6.07) is 5.88. The number of alkyl halides is 2. The summed E-state index contributed by atoms with van der Waals surface area (Å²) < 4.78 is 38.2. The van der Waals surface area contributed by atoms with Crippen LogP contribution in [0, 0.1) is 0 Å². The number of hydrogen-bond donors (Lipinski definition) is 1. The fourth-order valence-corrected chi connectivity index (χ4v) is 4.22. The lowest BCUT2D eigenvalue weighted by molar-refractivity contribution is -0.0737. The van der Waals surface area contributed by atoms with Gasteiger partial charge in [-0.1, -0.05) is 18.9 Å². The van der Waals surface area contributed by atoms with Crippen molar-refractivity contribution in [2.75, 3.05) is 46.4 Å². The van der Waals surface area contributed by atoms with Gasteiger partial charge in [-0.3, -0.25) is 9.80 Å². The Morgan fingerprint density at radius 1 is 1.03 bits per heavy atom. The van der Waals surface area contributed by atoms with Crippen LogP contribution in [0.1, 0.15) is 44.1 Å². The number of β-amino-alcohol motifs (C(OH)–C–C–N with tert-alkyl or cyclic N) is 1. The van der Waals surface area contributed by atoms with Crippen LogP contribution in [0.25, 0.3) is 0 Å². The quantitative estimate of drug-likeness (QED) is 0.708. The highest BCUT2D eigenvalue weighted by Gasteiger charge is 2.35. The number of piperidine rings is 1. The summed E-state index contributed by atoms with van der Waals surface area (Å²) >= 11 is 0. The largest absolute Gasteiger partial charge is 0.493 e. The lowest BCUT2D eigenvalue weighted by Gasteiger charge is -2.33. The van der Waals surface area contributed by atoms with E-state index in [1.165, 1.54) is 31.2 Å². The molecule has 0 radical (unpaired) electrons. The number of aliphatic hydroxyl groups excluding tert-OH is 1. The molecule has 0 saturated carbocycles. The number of benzene rings is 1. The molecule has 7 heteroatoms. The molecule has 0 aromatic heterocycles. The molecule has 3 rings (SSSR count). The van der Waals surface area contributed by atoms with Gasteiger partial charge in [-0.2, -0.15) is 0 Å². The van der Waals surface area contributed by atoms with Crippen molar-refractivity contribution in [1.29, 1.82) is 0 Å². The monoisotopic (exact) mass is 412 g/mol. The lowest BCUT2D eigenvalue weighted by atomic mass is 10.1. The van der Waals surface area contributed by atoms with Crippen LogP contribution < -0.4 is 9.47 Å². The first-order valence-corrected chi connectivity index (χ1v) is 10.8. The molecule has 0 amide bonds. The number of aliphatic hydroxyl groups is 1. The number of halogens is 2. The molecule has 29 heavy (non-hydrogen) atoms. The maximum atomic E-state index is 13.5. The molecule has 2 aliphatic heterocycles. The van der Waals surface area contributed by atoms with Gasteiger partial charge in [-0.25, -0.2) is 8.78 Å². The summed E-state index contributed by atoms with van der Waals surface area (Å²) in [7, 11) is 1.60. The van der Waals surface area contributed by atoms with Gasteiger partial charge < -0.3 is 14.6 Å². The number of hydrogen-bond acceptors (Lipinski definition) is 5. The predicted octanol–water partition coefficient (Wildman–Crippen LogP) is 3.54. The second kappa shape index (κ2) is 10.5. The Balaban J connectivity index is 1.50. The van der Waals surface area contributed by atoms with E-state index in [1.807, 2.05) is 18.2 Å². The third-order valence-electron chi connectivity index (χ3n) is 5.70. The fourth-order valence-electron chi connectivity index (χ4n) is 4.22. The molecule has 0 aliphatic carbocycles. The van der Waals surface area contributed by atoms with Crippen LogP contribution in [0.2, 0.25) is 0 Å². The lowest BCUT2D eigenvalue weighted by Crippen LogP contribution is -2.46. The Bertz CT molecular complexity index is 636. The van der Waals surface area contributed by atoms with Crippen LogP contribution in [0.3, 0.4) is 0 Å². The first kappa shape index (κ1) is 22.2. The normalized spacial score (nSPS) is 22.1. The molecular formula is C22H34F2N2O3. The highest BCUT2D eigenvalue weighted by atomic mass is 19.3. The average molecular weight is 413 g/mol. The zero-order valence-corrected chi connectivity index (χ0v) is 17.4. The van der Waals surface area contributed by atoms with Crippen molar-refractivity contribution in [1.82, 2.24) is 9.80 Å². The van der Waals surface area contributed by atoms with E-state index in [9.17, 15) is 13.9 Å². The molecule has 2 aliphatic rings. The second-order valence-corrected chi connectivity index (χ2v) is 8.34. The summed E-state index contributed by atoms with van der Waals surface area (Å²) in [6.45, 7) is 3.67. The summed E-state index contributed by atoms with van der Waals surface area (Å²) in [5.74, 6) is -1.46. The van der Waals surface area contributed by atoms with E-state index in [4.69, 9.17) is 9.47 Å². The minimum Gasteiger partial charge on any atom is -0.493 e. The minimum atomic E-state index is -2.66. The molecule has 2 heterocycles. The third kappa shape index (κ3) is 7.08. The number of methoxy groups -OCH3 is 1. The van der Waals surface area contributed by atoms with Crippen LogP contribution >= 0.6 is 0 Å². The van der Waals surface area contributed by atoms with Gasteiger partial charge in [0.15, 0.2) is 11.5 Å². The average Bonchev–Trinajstić information content (AvgIpc) is 2.94. The van der Waals surface area contributed by atoms with Gasteiger partial charge in [0.1, 0.15) is 12.7 Å². The Hall–Kier alpha value is -1.44. The number of rotatable bonds is 8. The summed E-state index contributed by atoms with van der Waals surface area (Å²) in [5.41, 5.74) is 1.17.